The van der Waals surface area contributed by atoms with Crippen molar-refractivity contribution in [2.24, 2.45) is 17.5 Å². The predicted octanol–water partition coefficient (Wildman–Crippen LogP) is 3.94. The summed E-state index contributed by atoms with van der Waals surface area (Å²) in [4.78, 5) is 1.14. The third-order valence-electron chi connectivity index (χ3n) is 4.76. The van der Waals surface area contributed by atoms with Gasteiger partial charge in [0.15, 0.2) is 0 Å². The molecule has 2 aromatic rings. The van der Waals surface area contributed by atoms with E-state index in [-0.39, 0.29) is 5.54 Å². The molecule has 0 amide bonds. The maximum atomic E-state index is 5.61. The zero-order chi connectivity index (χ0) is 18.6. The van der Waals surface area contributed by atoms with Crippen LogP contribution in [-0.2, 0) is 6.42 Å². The van der Waals surface area contributed by atoms with Crippen molar-refractivity contribution in [3.8, 4) is 11.1 Å². The molecule has 0 spiro atoms. The maximum absolute atomic E-state index is 5.61. The Labute approximate surface area is 160 Å². The van der Waals surface area contributed by atoms with Gasteiger partial charge in [-0.25, -0.2) is 4.72 Å². The molecule has 1 saturated carbocycles. The van der Waals surface area contributed by atoms with Crippen LogP contribution in [0.1, 0.15) is 32.3 Å². The van der Waals surface area contributed by atoms with Crippen LogP contribution in [0.4, 0.5) is 0 Å². The van der Waals surface area contributed by atoms with Crippen LogP contribution in [-0.4, -0.2) is 5.54 Å². The summed E-state index contributed by atoms with van der Waals surface area (Å²) in [6.07, 6.45) is 5.48. The molecule has 1 aliphatic carbocycles. The lowest BCUT2D eigenvalue weighted by Gasteiger charge is -2.28. The lowest BCUT2D eigenvalue weighted by atomic mass is 10.0. The second-order valence-electron chi connectivity index (χ2n) is 7.43. The van der Waals surface area contributed by atoms with Crippen LogP contribution in [0.2, 0.25) is 0 Å². The molecule has 2 aromatic carbocycles. The zero-order valence-corrected chi connectivity index (χ0v) is 16.3. The van der Waals surface area contributed by atoms with Gasteiger partial charge in [0.05, 0.1) is 11.2 Å². The second kappa shape index (κ2) is 8.16. The van der Waals surface area contributed by atoms with Gasteiger partial charge in [0.1, 0.15) is 0 Å². The number of hydrazine groups is 1. The largest absolute Gasteiger partial charge is 0.403 e. The van der Waals surface area contributed by atoms with E-state index in [1.54, 1.807) is 11.9 Å². The van der Waals surface area contributed by atoms with Gasteiger partial charge in [-0.15, -0.1) is 0 Å². The van der Waals surface area contributed by atoms with E-state index in [1.165, 1.54) is 42.2 Å². The van der Waals surface area contributed by atoms with Gasteiger partial charge in [-0.2, -0.15) is 0 Å². The van der Waals surface area contributed by atoms with E-state index >= 15 is 0 Å². The SMILES string of the molecule is CC(C)(NSc1ccc(-c2cccc(CC3CC3)c2)cc1)/C(=C/N)NN. The average Bonchev–Trinajstić information content (AvgIpc) is 3.45. The van der Waals surface area contributed by atoms with Gasteiger partial charge < -0.3 is 11.2 Å². The Hall–Kier alpha value is -1.95. The summed E-state index contributed by atoms with van der Waals surface area (Å²) in [7, 11) is 0. The fraction of sp³-hybridized carbons (Fsp3) is 0.333. The quantitative estimate of drug-likeness (QED) is 0.322. The van der Waals surface area contributed by atoms with Crippen LogP contribution in [0.15, 0.2) is 65.3 Å². The maximum Gasteiger partial charge on any atom is 0.0652 e. The zero-order valence-electron chi connectivity index (χ0n) is 15.5. The summed E-state index contributed by atoms with van der Waals surface area (Å²) in [6.45, 7) is 4.05. The highest BCUT2D eigenvalue weighted by atomic mass is 32.2. The Balaban J connectivity index is 1.65. The van der Waals surface area contributed by atoms with Gasteiger partial charge in [-0.3, -0.25) is 5.84 Å². The van der Waals surface area contributed by atoms with E-state index < -0.39 is 0 Å². The van der Waals surface area contributed by atoms with E-state index in [4.69, 9.17) is 11.6 Å². The van der Waals surface area contributed by atoms with Crippen LogP contribution < -0.4 is 21.7 Å². The molecule has 0 atom stereocenters. The molecule has 4 nitrogen and oxygen atoms in total. The molecule has 138 valence electrons. The number of hydrogen-bond acceptors (Lipinski definition) is 5. The molecule has 5 heteroatoms. The first-order chi connectivity index (χ1) is 12.5. The van der Waals surface area contributed by atoms with Crippen LogP contribution in [0, 0.1) is 5.92 Å². The van der Waals surface area contributed by atoms with Crippen molar-refractivity contribution in [1.82, 2.24) is 10.1 Å². The molecular weight excluding hydrogens is 340 g/mol. The van der Waals surface area contributed by atoms with E-state index in [0.29, 0.717) is 0 Å². The number of rotatable bonds is 8. The van der Waals surface area contributed by atoms with Crippen LogP contribution in [0.25, 0.3) is 11.1 Å². The molecule has 0 heterocycles. The Morgan fingerprint density at radius 3 is 2.50 bits per heavy atom. The Bertz CT molecular complexity index is 764. The van der Waals surface area contributed by atoms with Gasteiger partial charge in [0.2, 0.25) is 0 Å². The summed E-state index contributed by atoms with van der Waals surface area (Å²) < 4.78 is 3.40. The van der Waals surface area contributed by atoms with E-state index in [9.17, 15) is 0 Å². The van der Waals surface area contributed by atoms with Crippen molar-refractivity contribution in [1.29, 1.82) is 0 Å². The first kappa shape index (κ1) is 18.8. The van der Waals surface area contributed by atoms with Crippen molar-refractivity contribution in [2.75, 3.05) is 0 Å². The summed E-state index contributed by atoms with van der Waals surface area (Å²) in [5, 5.41) is 0. The standard InChI is InChI=1S/C21H28N4S/c1-21(2,20(14-22)24-23)25-26-19-10-8-17(9-11-19)18-5-3-4-16(13-18)12-15-6-7-15/h3-5,8-11,13-15,24-25H,6-7,12,22-23H2,1-2H3/b20-14-. The number of benzene rings is 2. The number of nitrogens with one attached hydrogen (secondary N) is 2. The fourth-order valence-corrected chi connectivity index (χ4v) is 3.68. The predicted molar refractivity (Wildman–Crippen MR) is 111 cm³/mol. The highest BCUT2D eigenvalue weighted by Gasteiger charge is 2.23. The minimum absolute atomic E-state index is 0.357. The molecule has 6 N–H and O–H groups in total. The first-order valence-electron chi connectivity index (χ1n) is 9.04. The second-order valence-corrected chi connectivity index (χ2v) is 8.31. The number of nitrogens with two attached hydrogens (primary N) is 2. The molecule has 1 aliphatic rings. The van der Waals surface area contributed by atoms with Crippen LogP contribution in [0.3, 0.4) is 0 Å². The lowest BCUT2D eigenvalue weighted by Crippen LogP contribution is -2.44. The Morgan fingerprint density at radius 1 is 1.15 bits per heavy atom. The minimum Gasteiger partial charge on any atom is -0.403 e. The fourth-order valence-electron chi connectivity index (χ4n) is 2.93. The molecule has 0 bridgehead atoms. The average molecular weight is 369 g/mol. The lowest BCUT2D eigenvalue weighted by molar-refractivity contribution is 0.520. The van der Waals surface area contributed by atoms with Gasteiger partial charge in [0, 0.05) is 11.1 Å². The van der Waals surface area contributed by atoms with Gasteiger partial charge in [-0.05, 0) is 79.8 Å². The summed E-state index contributed by atoms with van der Waals surface area (Å²) >= 11 is 1.57. The minimum atomic E-state index is -0.357. The molecule has 26 heavy (non-hydrogen) atoms. The Morgan fingerprint density at radius 2 is 1.88 bits per heavy atom. The molecular formula is C21H28N4S. The number of hydrogen-bond donors (Lipinski definition) is 4. The van der Waals surface area contributed by atoms with E-state index in [1.807, 2.05) is 13.8 Å². The molecule has 0 aromatic heterocycles. The third-order valence-corrected chi connectivity index (χ3v) is 5.88. The van der Waals surface area contributed by atoms with Crippen molar-refractivity contribution in [3.05, 3.63) is 66.0 Å². The third kappa shape index (κ3) is 4.81. The molecule has 0 aliphatic heterocycles. The first-order valence-corrected chi connectivity index (χ1v) is 9.86. The smallest absolute Gasteiger partial charge is 0.0652 e. The van der Waals surface area contributed by atoms with Crippen molar-refractivity contribution in [2.45, 2.75) is 43.5 Å². The van der Waals surface area contributed by atoms with E-state index in [2.05, 4.69) is 58.7 Å². The topological polar surface area (TPSA) is 76.1 Å². The van der Waals surface area contributed by atoms with Crippen LogP contribution in [0.5, 0.6) is 0 Å². The normalized spacial score (nSPS) is 15.1. The summed E-state index contributed by atoms with van der Waals surface area (Å²) in [6, 6.07) is 17.5. The van der Waals surface area contributed by atoms with Gasteiger partial charge in [0.25, 0.3) is 0 Å². The van der Waals surface area contributed by atoms with Gasteiger partial charge in [-0.1, -0.05) is 36.4 Å². The highest BCUT2D eigenvalue weighted by Crippen LogP contribution is 2.33. The van der Waals surface area contributed by atoms with Crippen LogP contribution >= 0.6 is 11.9 Å². The van der Waals surface area contributed by atoms with Crippen molar-refractivity contribution >= 4 is 11.9 Å². The molecule has 1 fully saturated rings. The van der Waals surface area contributed by atoms with E-state index in [0.717, 1.165) is 16.5 Å². The molecule has 0 saturated heterocycles. The molecule has 0 radical (unpaired) electrons. The summed E-state index contributed by atoms with van der Waals surface area (Å²) in [5.41, 5.74) is 12.6. The Kier molecular flexibility index (Phi) is 5.91. The monoisotopic (exact) mass is 368 g/mol. The molecule has 3 rings (SSSR count). The van der Waals surface area contributed by atoms with Gasteiger partial charge >= 0.3 is 0 Å². The highest BCUT2D eigenvalue weighted by molar-refractivity contribution is 7.97. The molecule has 0 unspecified atom stereocenters. The summed E-state index contributed by atoms with van der Waals surface area (Å²) in [5.74, 6) is 6.43. The van der Waals surface area contributed by atoms with Crippen molar-refractivity contribution in [3.63, 3.8) is 0 Å². The van der Waals surface area contributed by atoms with Crippen molar-refractivity contribution < 1.29 is 0 Å².